The molecule has 1 aromatic heterocycles. The monoisotopic (exact) mass is 283 g/mol. The summed E-state index contributed by atoms with van der Waals surface area (Å²) in [6.07, 6.45) is 0.983. The van der Waals surface area contributed by atoms with Gasteiger partial charge in [0, 0.05) is 26.1 Å². The van der Waals surface area contributed by atoms with Gasteiger partial charge in [-0.2, -0.15) is 0 Å². The van der Waals surface area contributed by atoms with Crippen LogP contribution in [0.15, 0.2) is 0 Å². The van der Waals surface area contributed by atoms with Gasteiger partial charge >= 0.3 is 5.97 Å². The molecule has 0 aromatic carbocycles. The highest BCUT2D eigenvalue weighted by molar-refractivity contribution is 5.85. The number of carbonyl (C=O) groups excluding carboxylic acids is 2. The van der Waals surface area contributed by atoms with E-state index in [0.29, 0.717) is 32.5 Å². The Bertz CT molecular complexity index is 442. The van der Waals surface area contributed by atoms with Crippen molar-refractivity contribution >= 4 is 11.9 Å². The number of esters is 1. The third-order valence-corrected chi connectivity index (χ3v) is 2.87. The van der Waals surface area contributed by atoms with Crippen molar-refractivity contribution in [3.05, 3.63) is 5.82 Å². The maximum Gasteiger partial charge on any atom is 0.378 e. The summed E-state index contributed by atoms with van der Waals surface area (Å²) >= 11 is 0. The largest absolute Gasteiger partial charge is 0.460 e. The Morgan fingerprint density at radius 3 is 2.55 bits per heavy atom. The molecule has 8 nitrogen and oxygen atoms in total. The highest BCUT2D eigenvalue weighted by atomic mass is 16.5. The molecule has 8 heteroatoms. The number of hydrogen-bond acceptors (Lipinski definition) is 6. The molecule has 0 fully saturated rings. The number of ether oxygens (including phenoxy) is 1. The van der Waals surface area contributed by atoms with Crippen LogP contribution in [0.5, 0.6) is 0 Å². The molecule has 112 valence electrons. The van der Waals surface area contributed by atoms with Gasteiger partial charge in [0.05, 0.1) is 6.61 Å². The molecule has 0 saturated heterocycles. The van der Waals surface area contributed by atoms with Crippen LogP contribution in [-0.4, -0.2) is 56.7 Å². The average Bonchev–Trinajstić information content (AvgIpc) is 2.89. The minimum atomic E-state index is -0.549. The molecular weight excluding hydrogens is 262 g/mol. The van der Waals surface area contributed by atoms with Crippen molar-refractivity contribution in [2.45, 2.75) is 40.2 Å². The lowest BCUT2D eigenvalue weighted by molar-refractivity contribution is -0.130. The topological polar surface area (TPSA) is 90.2 Å². The van der Waals surface area contributed by atoms with Crippen molar-refractivity contribution in [1.29, 1.82) is 0 Å². The molecule has 0 aliphatic rings. The van der Waals surface area contributed by atoms with Gasteiger partial charge in [0.2, 0.25) is 5.91 Å². The van der Waals surface area contributed by atoms with Crippen LogP contribution in [0.4, 0.5) is 0 Å². The van der Waals surface area contributed by atoms with E-state index in [9.17, 15) is 9.59 Å². The Kier molecular flexibility index (Phi) is 6.61. The van der Waals surface area contributed by atoms with Gasteiger partial charge < -0.3 is 9.64 Å². The third kappa shape index (κ3) is 4.29. The van der Waals surface area contributed by atoms with Crippen LogP contribution in [0, 0.1) is 0 Å². The van der Waals surface area contributed by atoms with Crippen molar-refractivity contribution in [3.63, 3.8) is 0 Å². The molecule has 0 aliphatic carbocycles. The summed E-state index contributed by atoms with van der Waals surface area (Å²) in [5.41, 5.74) is 0. The number of hydrogen-bond donors (Lipinski definition) is 0. The van der Waals surface area contributed by atoms with Gasteiger partial charge in [0.15, 0.2) is 0 Å². The number of nitrogens with zero attached hydrogens (tertiary/aromatic N) is 5. The number of aryl methyl sites for hydroxylation is 1. The lowest BCUT2D eigenvalue weighted by Gasteiger charge is -2.18. The fourth-order valence-corrected chi connectivity index (χ4v) is 1.81. The van der Waals surface area contributed by atoms with Crippen molar-refractivity contribution in [2.75, 3.05) is 19.7 Å². The zero-order valence-electron chi connectivity index (χ0n) is 12.2. The first kappa shape index (κ1) is 16.1. The van der Waals surface area contributed by atoms with E-state index < -0.39 is 5.97 Å². The number of amides is 1. The van der Waals surface area contributed by atoms with Crippen molar-refractivity contribution in [3.8, 4) is 0 Å². The summed E-state index contributed by atoms with van der Waals surface area (Å²) in [6, 6.07) is 0. The van der Waals surface area contributed by atoms with E-state index in [-0.39, 0.29) is 18.3 Å². The normalized spacial score (nSPS) is 10.3. The van der Waals surface area contributed by atoms with Crippen molar-refractivity contribution in [1.82, 2.24) is 25.1 Å². The van der Waals surface area contributed by atoms with Gasteiger partial charge in [-0.25, -0.2) is 9.48 Å². The highest BCUT2D eigenvalue weighted by Crippen LogP contribution is 2.02. The van der Waals surface area contributed by atoms with E-state index in [4.69, 9.17) is 4.74 Å². The van der Waals surface area contributed by atoms with E-state index >= 15 is 0 Å². The SMILES string of the molecule is CCOC(=O)c1nnnn1CCCC(=O)N(CC)CC. The second-order valence-electron chi connectivity index (χ2n) is 4.12. The van der Waals surface area contributed by atoms with Crippen LogP contribution in [0.1, 0.15) is 44.2 Å². The molecule has 0 N–H and O–H groups in total. The van der Waals surface area contributed by atoms with Gasteiger partial charge in [0.25, 0.3) is 5.82 Å². The summed E-state index contributed by atoms with van der Waals surface area (Å²) in [5.74, 6) is -0.379. The zero-order valence-corrected chi connectivity index (χ0v) is 12.2. The lowest BCUT2D eigenvalue weighted by Crippen LogP contribution is -2.30. The van der Waals surface area contributed by atoms with Gasteiger partial charge in [-0.05, 0) is 37.6 Å². The molecule has 1 rings (SSSR count). The molecule has 0 bridgehead atoms. The molecule has 0 unspecified atom stereocenters. The standard InChI is InChI=1S/C12H21N5O3/c1-4-16(5-2)10(18)8-7-9-17-11(13-14-15-17)12(19)20-6-3/h4-9H2,1-3H3. The van der Waals surface area contributed by atoms with Gasteiger partial charge in [-0.3, -0.25) is 4.79 Å². The average molecular weight is 283 g/mol. The van der Waals surface area contributed by atoms with Crippen LogP contribution in [0.25, 0.3) is 0 Å². The van der Waals surface area contributed by atoms with Gasteiger partial charge in [0.1, 0.15) is 0 Å². The molecule has 1 heterocycles. The smallest absolute Gasteiger partial charge is 0.378 e. The Labute approximate surface area is 118 Å². The molecule has 0 spiro atoms. The highest BCUT2D eigenvalue weighted by Gasteiger charge is 2.17. The third-order valence-electron chi connectivity index (χ3n) is 2.87. The summed E-state index contributed by atoms with van der Waals surface area (Å²) in [7, 11) is 0. The molecule has 0 radical (unpaired) electrons. The lowest BCUT2D eigenvalue weighted by atomic mass is 10.2. The second kappa shape index (κ2) is 8.23. The molecule has 0 saturated carbocycles. The first-order valence-corrected chi connectivity index (χ1v) is 6.85. The number of aromatic nitrogens is 4. The number of carbonyl (C=O) groups is 2. The molecular formula is C12H21N5O3. The fraction of sp³-hybridized carbons (Fsp3) is 0.750. The predicted molar refractivity (Wildman–Crippen MR) is 70.9 cm³/mol. The Morgan fingerprint density at radius 2 is 1.95 bits per heavy atom. The second-order valence-corrected chi connectivity index (χ2v) is 4.12. The van der Waals surface area contributed by atoms with Crippen LogP contribution in [0.3, 0.4) is 0 Å². The molecule has 1 aromatic rings. The van der Waals surface area contributed by atoms with Crippen molar-refractivity contribution in [2.24, 2.45) is 0 Å². The molecule has 20 heavy (non-hydrogen) atoms. The van der Waals surface area contributed by atoms with E-state index in [0.717, 1.165) is 0 Å². The first-order valence-electron chi connectivity index (χ1n) is 6.85. The maximum absolute atomic E-state index is 11.8. The van der Waals surface area contributed by atoms with Crippen LogP contribution in [-0.2, 0) is 16.1 Å². The number of tetrazole rings is 1. The summed E-state index contributed by atoms with van der Waals surface area (Å²) < 4.78 is 6.22. The minimum Gasteiger partial charge on any atom is -0.460 e. The van der Waals surface area contributed by atoms with E-state index in [1.54, 1.807) is 11.8 Å². The van der Waals surface area contributed by atoms with Crippen molar-refractivity contribution < 1.29 is 14.3 Å². The number of rotatable bonds is 8. The molecule has 1 amide bonds. The first-order chi connectivity index (χ1) is 9.63. The van der Waals surface area contributed by atoms with Crippen LogP contribution in [0.2, 0.25) is 0 Å². The van der Waals surface area contributed by atoms with Crippen LogP contribution >= 0.6 is 0 Å². The molecule has 0 aliphatic heterocycles. The summed E-state index contributed by atoms with van der Waals surface area (Å²) in [5, 5.41) is 10.8. The quantitative estimate of drug-likeness (QED) is 0.645. The minimum absolute atomic E-state index is 0.0714. The van der Waals surface area contributed by atoms with Gasteiger partial charge in [-0.15, -0.1) is 5.10 Å². The Morgan fingerprint density at radius 1 is 1.25 bits per heavy atom. The van der Waals surface area contributed by atoms with E-state index in [1.807, 2.05) is 13.8 Å². The maximum atomic E-state index is 11.8. The van der Waals surface area contributed by atoms with E-state index in [2.05, 4.69) is 15.5 Å². The molecule has 0 atom stereocenters. The van der Waals surface area contributed by atoms with E-state index in [1.165, 1.54) is 4.68 Å². The Hall–Kier alpha value is -1.99. The summed E-state index contributed by atoms with van der Waals surface area (Å²) in [6.45, 7) is 7.70. The van der Waals surface area contributed by atoms with Gasteiger partial charge in [-0.1, -0.05) is 0 Å². The fourth-order valence-electron chi connectivity index (χ4n) is 1.81. The Balaban J connectivity index is 2.49. The predicted octanol–water partition coefficient (Wildman–Crippen LogP) is 0.498. The summed E-state index contributed by atoms with van der Waals surface area (Å²) in [4.78, 5) is 25.2. The zero-order chi connectivity index (χ0) is 15.0. The van der Waals surface area contributed by atoms with Crippen LogP contribution < -0.4 is 0 Å².